The summed E-state index contributed by atoms with van der Waals surface area (Å²) in [5, 5.41) is 9.05. The van der Waals surface area contributed by atoms with Crippen molar-refractivity contribution < 1.29 is 14.6 Å². The van der Waals surface area contributed by atoms with E-state index in [1.165, 1.54) is 12.8 Å². The number of aliphatic hydroxyl groups is 1. The molecule has 1 N–H and O–H groups in total. The average Bonchev–Trinajstić information content (AvgIpc) is 3.36. The number of nitrogens with zero attached hydrogens (tertiary/aromatic N) is 2. The molecule has 5 heteroatoms. The average molecular weight is 276 g/mol. The quantitative estimate of drug-likeness (QED) is 0.819. The van der Waals surface area contributed by atoms with Gasteiger partial charge >= 0.3 is 0 Å². The predicted octanol–water partition coefficient (Wildman–Crippen LogP) is 1.47. The number of pyridine rings is 1. The van der Waals surface area contributed by atoms with Gasteiger partial charge in [-0.3, -0.25) is 4.79 Å². The molecule has 1 aromatic rings. The van der Waals surface area contributed by atoms with Gasteiger partial charge in [0.25, 0.3) is 5.91 Å². The molecule has 0 spiro atoms. The van der Waals surface area contributed by atoms with E-state index in [9.17, 15) is 4.79 Å². The Morgan fingerprint density at radius 3 is 2.70 bits per heavy atom. The van der Waals surface area contributed by atoms with Crippen LogP contribution in [-0.2, 0) is 0 Å². The monoisotopic (exact) mass is 276 g/mol. The predicted molar refractivity (Wildman–Crippen MR) is 73.6 cm³/mol. The summed E-state index contributed by atoms with van der Waals surface area (Å²) in [5.41, 5.74) is 0.559. The van der Waals surface area contributed by atoms with Crippen LogP contribution >= 0.6 is 0 Å². The number of carbonyl (C=O) groups is 1. The second-order valence-corrected chi connectivity index (χ2v) is 5.59. The van der Waals surface area contributed by atoms with E-state index in [1.54, 1.807) is 23.2 Å². The van der Waals surface area contributed by atoms with Crippen LogP contribution in [0.15, 0.2) is 18.3 Å². The largest absolute Gasteiger partial charge is 0.477 e. The molecule has 2 aliphatic rings. The lowest BCUT2D eigenvalue weighted by Gasteiger charge is -2.21. The van der Waals surface area contributed by atoms with Crippen LogP contribution in [0.25, 0.3) is 0 Å². The minimum Gasteiger partial charge on any atom is -0.477 e. The first-order valence-electron chi connectivity index (χ1n) is 7.28. The molecule has 1 heterocycles. The van der Waals surface area contributed by atoms with Gasteiger partial charge in [0.1, 0.15) is 0 Å². The third kappa shape index (κ3) is 3.28. The number of amides is 1. The lowest BCUT2D eigenvalue weighted by molar-refractivity contribution is 0.0707. The van der Waals surface area contributed by atoms with Crippen LogP contribution in [0.2, 0.25) is 0 Å². The molecule has 1 amide bonds. The molecular formula is C15H20N2O3. The van der Waals surface area contributed by atoms with Crippen molar-refractivity contribution in [2.45, 2.75) is 31.7 Å². The Kier molecular flexibility index (Phi) is 3.87. The number of ether oxygens (including phenoxy) is 1. The third-order valence-electron chi connectivity index (χ3n) is 3.74. The molecule has 0 saturated heterocycles. The van der Waals surface area contributed by atoms with Gasteiger partial charge in [0.2, 0.25) is 5.88 Å². The van der Waals surface area contributed by atoms with Crippen LogP contribution in [0.4, 0.5) is 0 Å². The van der Waals surface area contributed by atoms with Gasteiger partial charge in [-0.05, 0) is 37.7 Å². The fourth-order valence-corrected chi connectivity index (χ4v) is 2.19. The molecule has 2 aliphatic carbocycles. The molecular weight excluding hydrogens is 256 g/mol. The Hall–Kier alpha value is -1.62. The zero-order chi connectivity index (χ0) is 13.9. The van der Waals surface area contributed by atoms with Crippen molar-refractivity contribution >= 4 is 5.91 Å². The highest BCUT2D eigenvalue weighted by atomic mass is 16.5. The fraction of sp³-hybridized carbons (Fsp3) is 0.600. The second-order valence-electron chi connectivity index (χ2n) is 5.59. The van der Waals surface area contributed by atoms with E-state index in [2.05, 4.69) is 4.98 Å². The molecule has 0 atom stereocenters. The first kappa shape index (κ1) is 13.4. The van der Waals surface area contributed by atoms with E-state index in [4.69, 9.17) is 9.84 Å². The highest BCUT2D eigenvalue weighted by Gasteiger charge is 2.32. The summed E-state index contributed by atoms with van der Waals surface area (Å²) in [6, 6.07) is 3.80. The third-order valence-corrected chi connectivity index (χ3v) is 3.74. The Morgan fingerprint density at radius 1 is 1.35 bits per heavy atom. The van der Waals surface area contributed by atoms with Gasteiger partial charge in [-0.25, -0.2) is 4.98 Å². The summed E-state index contributed by atoms with van der Waals surface area (Å²) in [6.07, 6.45) is 6.11. The van der Waals surface area contributed by atoms with Crippen LogP contribution < -0.4 is 4.74 Å². The van der Waals surface area contributed by atoms with E-state index in [0.29, 0.717) is 29.9 Å². The smallest absolute Gasteiger partial charge is 0.255 e. The molecule has 0 aliphatic heterocycles. The Bertz CT molecular complexity index is 467. The van der Waals surface area contributed by atoms with Crippen LogP contribution in [0, 0.1) is 5.92 Å². The molecule has 0 radical (unpaired) electrons. The summed E-state index contributed by atoms with van der Waals surface area (Å²) < 4.78 is 5.56. The molecule has 0 bridgehead atoms. The second kappa shape index (κ2) is 5.79. The van der Waals surface area contributed by atoms with Crippen molar-refractivity contribution in [3.8, 4) is 5.88 Å². The number of aliphatic hydroxyl groups excluding tert-OH is 1. The van der Waals surface area contributed by atoms with Crippen molar-refractivity contribution in [3.63, 3.8) is 0 Å². The van der Waals surface area contributed by atoms with Crippen LogP contribution in [0.5, 0.6) is 5.88 Å². The molecule has 5 nitrogen and oxygen atoms in total. The maximum atomic E-state index is 12.3. The summed E-state index contributed by atoms with van der Waals surface area (Å²) in [7, 11) is 0. The zero-order valence-corrected chi connectivity index (χ0v) is 11.5. The van der Waals surface area contributed by atoms with Crippen molar-refractivity contribution in [1.29, 1.82) is 0 Å². The molecule has 20 heavy (non-hydrogen) atoms. The summed E-state index contributed by atoms with van der Waals surface area (Å²) in [5.74, 6) is 1.21. The summed E-state index contributed by atoms with van der Waals surface area (Å²) >= 11 is 0. The van der Waals surface area contributed by atoms with Crippen molar-refractivity contribution in [3.05, 3.63) is 23.9 Å². The van der Waals surface area contributed by atoms with E-state index >= 15 is 0 Å². The molecule has 3 rings (SSSR count). The van der Waals surface area contributed by atoms with Gasteiger partial charge in [-0.1, -0.05) is 0 Å². The summed E-state index contributed by atoms with van der Waals surface area (Å²) in [4.78, 5) is 18.3. The van der Waals surface area contributed by atoms with Crippen molar-refractivity contribution in [1.82, 2.24) is 9.88 Å². The van der Waals surface area contributed by atoms with E-state index < -0.39 is 0 Å². The number of rotatable bonds is 7. The molecule has 2 saturated carbocycles. The van der Waals surface area contributed by atoms with Crippen LogP contribution in [0.3, 0.4) is 0 Å². The highest BCUT2D eigenvalue weighted by Crippen LogP contribution is 2.30. The number of carbonyl (C=O) groups excluding carboxylic acids is 1. The fourth-order valence-electron chi connectivity index (χ4n) is 2.19. The Morgan fingerprint density at radius 2 is 2.15 bits per heavy atom. The maximum absolute atomic E-state index is 12.3. The normalized spacial score (nSPS) is 17.9. The van der Waals surface area contributed by atoms with Gasteiger partial charge in [0, 0.05) is 24.8 Å². The highest BCUT2D eigenvalue weighted by molar-refractivity contribution is 5.94. The van der Waals surface area contributed by atoms with E-state index in [1.807, 2.05) is 0 Å². The minimum absolute atomic E-state index is 0.00173. The van der Waals surface area contributed by atoms with Gasteiger partial charge in [-0.15, -0.1) is 0 Å². The van der Waals surface area contributed by atoms with Crippen LogP contribution in [0.1, 0.15) is 36.0 Å². The maximum Gasteiger partial charge on any atom is 0.255 e. The SMILES string of the molecule is O=C(c1ccc(OCC2CC2)nc1)N(CCO)C1CC1. The minimum atomic E-state index is -0.0530. The summed E-state index contributed by atoms with van der Waals surface area (Å²) in [6.45, 7) is 1.11. The molecule has 0 aromatic carbocycles. The van der Waals surface area contributed by atoms with Gasteiger partial charge in [0.05, 0.1) is 18.8 Å². The first-order chi connectivity index (χ1) is 9.78. The van der Waals surface area contributed by atoms with Gasteiger partial charge < -0.3 is 14.7 Å². The van der Waals surface area contributed by atoms with Gasteiger partial charge in [-0.2, -0.15) is 0 Å². The molecule has 108 valence electrons. The number of hydrogen-bond acceptors (Lipinski definition) is 4. The first-order valence-corrected chi connectivity index (χ1v) is 7.28. The van der Waals surface area contributed by atoms with Crippen molar-refractivity contribution in [2.24, 2.45) is 5.92 Å². The zero-order valence-electron chi connectivity index (χ0n) is 11.5. The Balaban J connectivity index is 1.61. The van der Waals surface area contributed by atoms with Crippen LogP contribution in [-0.4, -0.2) is 46.7 Å². The lowest BCUT2D eigenvalue weighted by atomic mass is 10.2. The molecule has 1 aromatic heterocycles. The standard InChI is InChI=1S/C15H20N2O3/c18-8-7-17(13-4-5-13)15(19)12-3-6-14(16-9-12)20-10-11-1-2-11/h3,6,9,11,13,18H,1-2,4-5,7-8,10H2. The lowest BCUT2D eigenvalue weighted by Crippen LogP contribution is -2.35. The topological polar surface area (TPSA) is 62.7 Å². The van der Waals surface area contributed by atoms with E-state index in [0.717, 1.165) is 19.4 Å². The van der Waals surface area contributed by atoms with Gasteiger partial charge in [0.15, 0.2) is 0 Å². The number of aromatic nitrogens is 1. The Labute approximate surface area is 118 Å². The molecule has 0 unspecified atom stereocenters. The van der Waals surface area contributed by atoms with Crippen molar-refractivity contribution in [2.75, 3.05) is 19.8 Å². The van der Waals surface area contributed by atoms with E-state index in [-0.39, 0.29) is 12.5 Å². The number of hydrogen-bond donors (Lipinski definition) is 1. The molecule has 2 fully saturated rings.